The van der Waals surface area contributed by atoms with Gasteiger partial charge in [0.05, 0.1) is 14.2 Å². The van der Waals surface area contributed by atoms with E-state index in [0.29, 0.717) is 17.4 Å². The standard InChI is InChI=1S/C15H15ClN2O3/c1-20-12-6-3-10(4-7-12)15-17-9-11(14(16)18-15)5-8-13(19)21-2/h3-4,6-7,9H,5,8H2,1-2H3. The predicted molar refractivity (Wildman–Crippen MR) is 79.4 cm³/mol. The van der Waals surface area contributed by atoms with Crippen LogP contribution < -0.4 is 4.74 Å². The van der Waals surface area contributed by atoms with Crippen LogP contribution in [0.3, 0.4) is 0 Å². The molecule has 0 aliphatic rings. The number of ether oxygens (including phenoxy) is 2. The van der Waals surface area contributed by atoms with Crippen molar-refractivity contribution < 1.29 is 14.3 Å². The van der Waals surface area contributed by atoms with E-state index in [9.17, 15) is 4.79 Å². The topological polar surface area (TPSA) is 61.3 Å². The molecule has 0 bridgehead atoms. The van der Waals surface area contributed by atoms with Crippen LogP contribution in [0.15, 0.2) is 30.5 Å². The SMILES string of the molecule is COC(=O)CCc1cnc(-c2ccc(OC)cc2)nc1Cl. The van der Waals surface area contributed by atoms with Crippen LogP contribution >= 0.6 is 11.6 Å². The van der Waals surface area contributed by atoms with Gasteiger partial charge < -0.3 is 9.47 Å². The molecular weight excluding hydrogens is 292 g/mol. The first-order valence-electron chi connectivity index (χ1n) is 6.36. The molecule has 0 N–H and O–H groups in total. The van der Waals surface area contributed by atoms with E-state index >= 15 is 0 Å². The van der Waals surface area contributed by atoms with Crippen LogP contribution in [0, 0.1) is 0 Å². The Kier molecular flexibility index (Phi) is 5.11. The second kappa shape index (κ2) is 7.04. The van der Waals surface area contributed by atoms with Crippen molar-refractivity contribution in [1.82, 2.24) is 9.97 Å². The lowest BCUT2D eigenvalue weighted by Crippen LogP contribution is -2.03. The molecule has 0 fully saturated rings. The number of benzene rings is 1. The van der Waals surface area contributed by atoms with Gasteiger partial charge in [0.2, 0.25) is 0 Å². The predicted octanol–water partition coefficient (Wildman–Crippen LogP) is 2.91. The highest BCUT2D eigenvalue weighted by molar-refractivity contribution is 6.30. The molecule has 5 nitrogen and oxygen atoms in total. The first-order chi connectivity index (χ1) is 10.1. The van der Waals surface area contributed by atoms with E-state index in [-0.39, 0.29) is 12.4 Å². The van der Waals surface area contributed by atoms with Crippen molar-refractivity contribution in [3.8, 4) is 17.1 Å². The summed E-state index contributed by atoms with van der Waals surface area (Å²) in [6.07, 6.45) is 2.34. The summed E-state index contributed by atoms with van der Waals surface area (Å²) in [6.45, 7) is 0. The minimum absolute atomic E-state index is 0.251. The summed E-state index contributed by atoms with van der Waals surface area (Å²) in [5.74, 6) is 1.01. The van der Waals surface area contributed by atoms with Gasteiger partial charge in [0, 0.05) is 23.7 Å². The average molecular weight is 307 g/mol. The van der Waals surface area contributed by atoms with Gasteiger partial charge in [-0.1, -0.05) is 11.6 Å². The Hall–Kier alpha value is -2.14. The zero-order valence-electron chi connectivity index (χ0n) is 11.8. The van der Waals surface area contributed by atoms with Crippen molar-refractivity contribution in [2.45, 2.75) is 12.8 Å². The van der Waals surface area contributed by atoms with Gasteiger partial charge in [-0.2, -0.15) is 0 Å². The minimum Gasteiger partial charge on any atom is -0.497 e. The number of hydrogen-bond acceptors (Lipinski definition) is 5. The second-order valence-electron chi connectivity index (χ2n) is 4.31. The molecule has 0 aliphatic heterocycles. The molecule has 1 aromatic heterocycles. The largest absolute Gasteiger partial charge is 0.497 e. The van der Waals surface area contributed by atoms with Crippen molar-refractivity contribution in [1.29, 1.82) is 0 Å². The van der Waals surface area contributed by atoms with Gasteiger partial charge in [0.15, 0.2) is 5.82 Å². The fraction of sp³-hybridized carbons (Fsp3) is 0.267. The summed E-state index contributed by atoms with van der Waals surface area (Å²) in [6, 6.07) is 7.38. The first kappa shape index (κ1) is 15.3. The molecule has 0 aliphatic carbocycles. The van der Waals surface area contributed by atoms with Crippen LogP contribution in [0.5, 0.6) is 5.75 Å². The Bertz CT molecular complexity index is 629. The Labute approximate surface area is 127 Å². The van der Waals surface area contributed by atoms with Gasteiger partial charge in [-0.3, -0.25) is 4.79 Å². The van der Waals surface area contributed by atoms with Gasteiger partial charge in [0.25, 0.3) is 0 Å². The average Bonchev–Trinajstić information content (AvgIpc) is 2.53. The molecule has 21 heavy (non-hydrogen) atoms. The van der Waals surface area contributed by atoms with E-state index in [1.165, 1.54) is 7.11 Å². The maximum absolute atomic E-state index is 11.1. The van der Waals surface area contributed by atoms with Crippen molar-refractivity contribution in [2.75, 3.05) is 14.2 Å². The Morgan fingerprint density at radius 1 is 1.24 bits per heavy atom. The third-order valence-electron chi connectivity index (χ3n) is 2.99. The molecule has 0 amide bonds. The molecule has 2 aromatic rings. The molecule has 6 heteroatoms. The maximum Gasteiger partial charge on any atom is 0.305 e. The molecule has 110 valence electrons. The summed E-state index contributed by atoms with van der Waals surface area (Å²) in [7, 11) is 2.96. The molecule has 0 saturated carbocycles. The van der Waals surface area contributed by atoms with E-state index in [2.05, 4.69) is 14.7 Å². The zero-order valence-corrected chi connectivity index (χ0v) is 12.6. The van der Waals surface area contributed by atoms with Crippen LogP contribution in [0.25, 0.3) is 11.4 Å². The maximum atomic E-state index is 11.1. The fourth-order valence-electron chi connectivity index (χ4n) is 1.77. The Morgan fingerprint density at radius 2 is 1.95 bits per heavy atom. The number of carbonyl (C=O) groups is 1. The molecular formula is C15H15ClN2O3. The molecule has 1 aromatic carbocycles. The highest BCUT2D eigenvalue weighted by Crippen LogP contribution is 2.22. The number of halogens is 1. The summed E-state index contributed by atoms with van der Waals surface area (Å²) in [5.41, 5.74) is 1.57. The summed E-state index contributed by atoms with van der Waals surface area (Å²) >= 11 is 6.14. The molecule has 0 spiro atoms. The monoisotopic (exact) mass is 306 g/mol. The van der Waals surface area contributed by atoms with Crippen LogP contribution in [0.2, 0.25) is 5.15 Å². The molecule has 1 heterocycles. The van der Waals surface area contributed by atoms with Gasteiger partial charge in [-0.15, -0.1) is 0 Å². The number of hydrogen-bond donors (Lipinski definition) is 0. The van der Waals surface area contributed by atoms with Crippen molar-refractivity contribution in [3.05, 3.63) is 41.2 Å². The minimum atomic E-state index is -0.287. The number of aryl methyl sites for hydroxylation is 1. The number of rotatable bonds is 5. The first-order valence-corrected chi connectivity index (χ1v) is 6.74. The van der Waals surface area contributed by atoms with Gasteiger partial charge >= 0.3 is 5.97 Å². The Morgan fingerprint density at radius 3 is 2.52 bits per heavy atom. The molecule has 2 rings (SSSR count). The number of esters is 1. The van der Waals surface area contributed by atoms with Crippen molar-refractivity contribution in [3.63, 3.8) is 0 Å². The normalized spacial score (nSPS) is 10.2. The van der Waals surface area contributed by atoms with Crippen LogP contribution in [0.1, 0.15) is 12.0 Å². The number of methoxy groups -OCH3 is 2. The lowest BCUT2D eigenvalue weighted by molar-refractivity contribution is -0.140. The van der Waals surface area contributed by atoms with Gasteiger partial charge in [-0.25, -0.2) is 9.97 Å². The van der Waals surface area contributed by atoms with E-state index < -0.39 is 0 Å². The van der Waals surface area contributed by atoms with Gasteiger partial charge in [-0.05, 0) is 30.7 Å². The number of carbonyl (C=O) groups excluding carboxylic acids is 1. The van der Waals surface area contributed by atoms with Crippen LogP contribution in [-0.2, 0) is 16.0 Å². The quantitative estimate of drug-likeness (QED) is 0.628. The van der Waals surface area contributed by atoms with Crippen molar-refractivity contribution in [2.24, 2.45) is 0 Å². The van der Waals surface area contributed by atoms with Crippen LogP contribution in [0.4, 0.5) is 0 Å². The highest BCUT2D eigenvalue weighted by atomic mass is 35.5. The smallest absolute Gasteiger partial charge is 0.305 e. The fourth-order valence-corrected chi connectivity index (χ4v) is 1.99. The summed E-state index contributed by atoms with van der Waals surface area (Å²) < 4.78 is 9.69. The van der Waals surface area contributed by atoms with Crippen LogP contribution in [-0.4, -0.2) is 30.2 Å². The lowest BCUT2D eigenvalue weighted by atomic mass is 10.1. The van der Waals surface area contributed by atoms with E-state index in [0.717, 1.165) is 16.9 Å². The number of nitrogens with zero attached hydrogens (tertiary/aromatic N) is 2. The summed E-state index contributed by atoms with van der Waals surface area (Å²) in [4.78, 5) is 19.7. The van der Waals surface area contributed by atoms with Crippen molar-refractivity contribution >= 4 is 17.6 Å². The molecule has 0 atom stereocenters. The molecule has 0 saturated heterocycles. The zero-order chi connectivity index (χ0) is 15.2. The lowest BCUT2D eigenvalue weighted by Gasteiger charge is -2.06. The van der Waals surface area contributed by atoms with E-state index in [1.807, 2.05) is 24.3 Å². The summed E-state index contributed by atoms with van der Waals surface area (Å²) in [5, 5.41) is 0.347. The third-order valence-corrected chi connectivity index (χ3v) is 3.31. The highest BCUT2D eigenvalue weighted by Gasteiger charge is 2.09. The third kappa shape index (κ3) is 3.92. The van der Waals surface area contributed by atoms with Gasteiger partial charge in [0.1, 0.15) is 10.9 Å². The van der Waals surface area contributed by atoms with E-state index in [1.54, 1.807) is 13.3 Å². The molecule has 0 unspecified atom stereocenters. The molecule has 0 radical (unpaired) electrons. The second-order valence-corrected chi connectivity index (χ2v) is 4.67. The Balaban J connectivity index is 2.15. The number of aromatic nitrogens is 2. The van der Waals surface area contributed by atoms with E-state index in [4.69, 9.17) is 16.3 Å².